The van der Waals surface area contributed by atoms with Gasteiger partial charge in [-0.05, 0) is 49.5 Å². The van der Waals surface area contributed by atoms with Gasteiger partial charge in [-0.3, -0.25) is 20.2 Å². The van der Waals surface area contributed by atoms with Crippen LogP contribution in [-0.4, -0.2) is 59.8 Å². The Morgan fingerprint density at radius 1 is 0.917 bits per heavy atom. The molecule has 0 bridgehead atoms. The van der Waals surface area contributed by atoms with E-state index >= 15 is 0 Å². The molecule has 1 aromatic heterocycles. The molecular formula is C28H25ClN6O. The Morgan fingerprint density at radius 3 is 2.56 bits per heavy atom. The SMILES string of the molecule is CN1CCN(C2=Nc3cc(Cl)ccc3N(NC(=O)c3cnc4ccccc4c3)c3ccccc32)CC1. The molecule has 36 heavy (non-hydrogen) atoms. The number of hydrogen-bond donors (Lipinski definition) is 1. The van der Waals surface area contributed by atoms with Gasteiger partial charge in [0.1, 0.15) is 5.84 Å². The summed E-state index contributed by atoms with van der Waals surface area (Å²) < 4.78 is 0. The fourth-order valence-corrected chi connectivity index (χ4v) is 4.84. The number of halogens is 1. The molecule has 1 amide bonds. The topological polar surface area (TPSA) is 64.1 Å². The zero-order valence-electron chi connectivity index (χ0n) is 19.9. The number of fused-ring (bicyclic) bond motifs is 3. The van der Waals surface area contributed by atoms with Crippen LogP contribution in [0.1, 0.15) is 15.9 Å². The zero-order valence-corrected chi connectivity index (χ0v) is 20.6. The van der Waals surface area contributed by atoms with Gasteiger partial charge in [-0.1, -0.05) is 41.9 Å². The van der Waals surface area contributed by atoms with Gasteiger partial charge in [-0.15, -0.1) is 0 Å². The number of pyridine rings is 1. The second-order valence-corrected chi connectivity index (χ2v) is 9.51. The maximum atomic E-state index is 13.5. The lowest BCUT2D eigenvalue weighted by Gasteiger charge is -2.35. The predicted octanol–water partition coefficient (Wildman–Crippen LogP) is 5.01. The number of carbonyl (C=O) groups excluding carboxylic acids is 1. The number of hydrogen-bond acceptors (Lipinski definition) is 6. The van der Waals surface area contributed by atoms with E-state index in [1.807, 2.05) is 71.7 Å². The number of nitrogens with zero attached hydrogens (tertiary/aromatic N) is 5. The molecule has 1 fully saturated rings. The van der Waals surface area contributed by atoms with Crippen LogP contribution >= 0.6 is 11.6 Å². The standard InChI is InChI=1S/C28H25ClN6O/c1-33-12-14-34(15-13-33)27-22-7-3-5-9-25(22)35(26-11-10-21(29)17-24(26)31-27)32-28(36)20-16-19-6-2-4-8-23(19)30-18-20/h2-11,16-18H,12-15H2,1H3,(H,32,36). The number of aliphatic imine (C=N–C) groups is 1. The van der Waals surface area contributed by atoms with E-state index in [2.05, 4.69) is 33.3 Å². The second kappa shape index (κ2) is 9.26. The largest absolute Gasteiger partial charge is 0.353 e. The van der Waals surface area contributed by atoms with Gasteiger partial charge in [-0.25, -0.2) is 4.99 Å². The van der Waals surface area contributed by atoms with Gasteiger partial charge in [0.25, 0.3) is 5.91 Å². The highest BCUT2D eigenvalue weighted by Gasteiger charge is 2.29. The van der Waals surface area contributed by atoms with Gasteiger partial charge in [0.2, 0.25) is 0 Å². The minimum Gasteiger partial charge on any atom is -0.353 e. The highest BCUT2D eigenvalue weighted by molar-refractivity contribution is 6.31. The van der Waals surface area contributed by atoms with Crippen molar-refractivity contribution in [3.63, 3.8) is 0 Å². The van der Waals surface area contributed by atoms with Crippen LogP contribution < -0.4 is 10.4 Å². The molecule has 8 heteroatoms. The molecule has 2 aliphatic rings. The van der Waals surface area contributed by atoms with Gasteiger partial charge in [0, 0.05) is 48.3 Å². The Labute approximate surface area is 214 Å². The minimum atomic E-state index is -0.257. The van der Waals surface area contributed by atoms with Crippen LogP contribution in [0.3, 0.4) is 0 Å². The van der Waals surface area contributed by atoms with Crippen molar-refractivity contribution in [3.8, 4) is 0 Å². The number of nitrogens with one attached hydrogen (secondary N) is 1. The molecule has 0 atom stereocenters. The first-order chi connectivity index (χ1) is 17.6. The lowest BCUT2D eigenvalue weighted by molar-refractivity contribution is 0.0953. The smallest absolute Gasteiger partial charge is 0.271 e. The Hall–Kier alpha value is -3.94. The number of benzene rings is 3. The summed E-state index contributed by atoms with van der Waals surface area (Å²) in [4.78, 5) is 27.7. The summed E-state index contributed by atoms with van der Waals surface area (Å²) >= 11 is 6.40. The number of para-hydroxylation sites is 2. The molecule has 0 radical (unpaired) electrons. The third-order valence-electron chi connectivity index (χ3n) is 6.66. The van der Waals surface area contributed by atoms with Gasteiger partial charge in [0.05, 0.1) is 28.1 Å². The van der Waals surface area contributed by atoms with Gasteiger partial charge >= 0.3 is 0 Å². The molecule has 4 aromatic rings. The monoisotopic (exact) mass is 496 g/mol. The van der Waals surface area contributed by atoms with Crippen LogP contribution in [0.5, 0.6) is 0 Å². The third kappa shape index (κ3) is 4.17. The molecule has 2 aliphatic heterocycles. The summed E-state index contributed by atoms with van der Waals surface area (Å²) in [6.07, 6.45) is 1.61. The zero-order chi connectivity index (χ0) is 24.6. The molecule has 6 rings (SSSR count). The maximum Gasteiger partial charge on any atom is 0.271 e. The van der Waals surface area contributed by atoms with Crippen LogP contribution in [0.15, 0.2) is 84.0 Å². The Balaban J connectivity index is 1.43. The molecule has 0 spiro atoms. The van der Waals surface area contributed by atoms with Gasteiger partial charge in [-0.2, -0.15) is 0 Å². The van der Waals surface area contributed by atoms with Crippen LogP contribution in [0.25, 0.3) is 10.9 Å². The Kier molecular flexibility index (Phi) is 5.79. The second-order valence-electron chi connectivity index (χ2n) is 9.07. The number of piperazine rings is 1. The highest BCUT2D eigenvalue weighted by atomic mass is 35.5. The Bertz CT molecular complexity index is 1490. The first-order valence-electron chi connectivity index (χ1n) is 11.9. The van der Waals surface area contributed by atoms with Gasteiger partial charge in [0.15, 0.2) is 0 Å². The summed E-state index contributed by atoms with van der Waals surface area (Å²) in [7, 11) is 2.13. The summed E-state index contributed by atoms with van der Waals surface area (Å²) in [6.45, 7) is 3.65. The van der Waals surface area contributed by atoms with E-state index < -0.39 is 0 Å². The Morgan fingerprint density at radius 2 is 1.69 bits per heavy atom. The first-order valence-corrected chi connectivity index (χ1v) is 12.3. The van der Waals surface area contributed by atoms with E-state index in [1.165, 1.54) is 0 Å². The van der Waals surface area contributed by atoms with Crippen molar-refractivity contribution >= 4 is 51.3 Å². The van der Waals surface area contributed by atoms with Crippen LogP contribution in [0.4, 0.5) is 17.1 Å². The van der Waals surface area contributed by atoms with E-state index in [1.54, 1.807) is 6.20 Å². The predicted molar refractivity (Wildman–Crippen MR) is 145 cm³/mol. The fourth-order valence-electron chi connectivity index (χ4n) is 4.68. The summed E-state index contributed by atoms with van der Waals surface area (Å²) in [5.74, 6) is 0.623. The number of likely N-dealkylation sites (N-methyl/N-ethyl adjacent to an activating group) is 1. The van der Waals surface area contributed by atoms with Crippen LogP contribution in [0, 0.1) is 0 Å². The van der Waals surface area contributed by atoms with Crippen molar-refractivity contribution in [2.75, 3.05) is 38.2 Å². The summed E-state index contributed by atoms with van der Waals surface area (Å²) in [5, 5.41) is 3.31. The number of anilines is 2. The molecule has 7 nitrogen and oxygen atoms in total. The van der Waals surface area contributed by atoms with E-state index in [0.29, 0.717) is 16.3 Å². The van der Waals surface area contributed by atoms with E-state index in [4.69, 9.17) is 16.6 Å². The molecule has 0 unspecified atom stereocenters. The molecule has 3 aromatic carbocycles. The average Bonchev–Trinajstić information content (AvgIpc) is 3.03. The van der Waals surface area contributed by atoms with Crippen molar-refractivity contribution in [2.24, 2.45) is 4.99 Å². The van der Waals surface area contributed by atoms with E-state index in [0.717, 1.165) is 59.9 Å². The normalized spacial score (nSPS) is 15.7. The van der Waals surface area contributed by atoms with Crippen LogP contribution in [-0.2, 0) is 0 Å². The van der Waals surface area contributed by atoms with E-state index in [9.17, 15) is 4.79 Å². The maximum absolute atomic E-state index is 13.5. The molecule has 3 heterocycles. The van der Waals surface area contributed by atoms with Crippen molar-refractivity contribution in [2.45, 2.75) is 0 Å². The summed E-state index contributed by atoms with van der Waals surface area (Å²) in [6, 6.07) is 23.2. The first kappa shape index (κ1) is 22.5. The minimum absolute atomic E-state index is 0.257. The number of rotatable bonds is 2. The number of aromatic nitrogens is 1. The van der Waals surface area contributed by atoms with Crippen LogP contribution in [0.2, 0.25) is 5.02 Å². The molecular weight excluding hydrogens is 472 g/mol. The van der Waals surface area contributed by atoms with E-state index in [-0.39, 0.29) is 5.91 Å². The molecule has 1 saturated heterocycles. The number of carbonyl (C=O) groups is 1. The third-order valence-corrected chi connectivity index (χ3v) is 6.89. The average molecular weight is 497 g/mol. The van der Waals surface area contributed by atoms with Gasteiger partial charge < -0.3 is 9.80 Å². The number of amides is 1. The van der Waals surface area contributed by atoms with Crippen molar-refractivity contribution in [3.05, 3.63) is 95.1 Å². The lowest BCUT2D eigenvalue weighted by Crippen LogP contribution is -2.47. The molecule has 180 valence electrons. The van der Waals surface area contributed by atoms with Crippen molar-refractivity contribution in [1.29, 1.82) is 0 Å². The molecule has 0 saturated carbocycles. The number of hydrazine groups is 1. The van der Waals surface area contributed by atoms with Crippen molar-refractivity contribution in [1.82, 2.24) is 20.2 Å². The molecule has 1 N–H and O–H groups in total. The van der Waals surface area contributed by atoms with Crippen molar-refractivity contribution < 1.29 is 4.79 Å². The lowest BCUT2D eigenvalue weighted by atomic mass is 10.1. The number of amidine groups is 1. The quantitative estimate of drug-likeness (QED) is 0.422. The fraction of sp³-hybridized carbons (Fsp3) is 0.179. The highest BCUT2D eigenvalue weighted by Crippen LogP contribution is 2.40. The summed E-state index contributed by atoms with van der Waals surface area (Å²) in [5.41, 5.74) is 7.68. The molecule has 0 aliphatic carbocycles.